The van der Waals surface area contributed by atoms with E-state index < -0.39 is 0 Å². The number of rotatable bonds is 2. The lowest BCUT2D eigenvalue weighted by molar-refractivity contribution is -0.132. The molecule has 3 fully saturated rings. The molecule has 0 aromatic carbocycles. The summed E-state index contributed by atoms with van der Waals surface area (Å²) < 4.78 is 11.5. The molecule has 0 saturated carbocycles. The van der Waals surface area contributed by atoms with E-state index in [9.17, 15) is 4.79 Å². The van der Waals surface area contributed by atoms with Crippen molar-refractivity contribution < 1.29 is 14.1 Å². The normalized spacial score (nSPS) is 27.2. The Hall–Kier alpha value is -1.44. The number of carbonyl (C=O) groups is 1. The molecule has 0 radical (unpaired) electrons. The third-order valence-corrected chi connectivity index (χ3v) is 6.73. The maximum Gasteiger partial charge on any atom is 0.259 e. The van der Waals surface area contributed by atoms with Crippen molar-refractivity contribution in [3.8, 4) is 0 Å². The van der Waals surface area contributed by atoms with E-state index in [1.807, 2.05) is 18.7 Å². The highest BCUT2D eigenvalue weighted by atomic mass is 16.5. The monoisotopic (exact) mass is 376 g/mol. The number of likely N-dealkylation sites (N-methyl/N-ethyl adjacent to an activating group) is 1. The second kappa shape index (κ2) is 7.53. The molecule has 7 nitrogen and oxygen atoms in total. The first kappa shape index (κ1) is 18.9. The van der Waals surface area contributed by atoms with Crippen LogP contribution >= 0.6 is 0 Å². The van der Waals surface area contributed by atoms with Crippen LogP contribution in [0.15, 0.2) is 4.52 Å². The predicted molar refractivity (Wildman–Crippen MR) is 102 cm³/mol. The molecule has 3 aliphatic heterocycles. The van der Waals surface area contributed by atoms with Gasteiger partial charge in [0.2, 0.25) is 0 Å². The number of piperazine rings is 1. The van der Waals surface area contributed by atoms with Gasteiger partial charge in [0.25, 0.3) is 5.91 Å². The molecule has 1 spiro atoms. The lowest BCUT2D eigenvalue weighted by Crippen LogP contribution is -2.57. The number of ether oxygens (including phenoxy) is 1. The van der Waals surface area contributed by atoms with Gasteiger partial charge >= 0.3 is 0 Å². The summed E-state index contributed by atoms with van der Waals surface area (Å²) >= 11 is 0. The van der Waals surface area contributed by atoms with E-state index in [1.165, 1.54) is 0 Å². The second-order valence-corrected chi connectivity index (χ2v) is 8.51. The van der Waals surface area contributed by atoms with E-state index in [4.69, 9.17) is 9.26 Å². The highest BCUT2D eigenvalue weighted by Gasteiger charge is 2.43. The largest absolute Gasteiger partial charge is 0.375 e. The molecule has 3 aliphatic rings. The summed E-state index contributed by atoms with van der Waals surface area (Å²) in [5, 5.41) is 3.93. The van der Waals surface area contributed by atoms with Gasteiger partial charge in [-0.1, -0.05) is 5.16 Å². The van der Waals surface area contributed by atoms with Gasteiger partial charge in [-0.05, 0) is 46.6 Å². The number of likely N-dealkylation sites (tertiary alicyclic amines) is 1. The Balaban J connectivity index is 1.37. The Morgan fingerprint density at radius 1 is 1.11 bits per heavy atom. The topological polar surface area (TPSA) is 62.1 Å². The lowest BCUT2D eigenvalue weighted by Gasteiger charge is -2.49. The molecule has 0 aliphatic carbocycles. The van der Waals surface area contributed by atoms with Gasteiger partial charge < -0.3 is 19.1 Å². The van der Waals surface area contributed by atoms with Crippen molar-refractivity contribution in [2.24, 2.45) is 0 Å². The molecule has 1 aromatic rings. The Labute approximate surface area is 161 Å². The number of nitrogens with zero attached hydrogens (tertiary/aromatic N) is 4. The average molecular weight is 377 g/mol. The van der Waals surface area contributed by atoms with Crippen LogP contribution in [0.3, 0.4) is 0 Å². The molecule has 27 heavy (non-hydrogen) atoms. The Bertz CT molecular complexity index is 653. The Morgan fingerprint density at radius 2 is 1.81 bits per heavy atom. The first-order chi connectivity index (χ1) is 13.0. The number of carbonyl (C=O) groups excluding carboxylic acids is 1. The third kappa shape index (κ3) is 3.77. The van der Waals surface area contributed by atoms with Gasteiger partial charge in [0, 0.05) is 51.9 Å². The standard InChI is InChI=1S/C20H32N4O3/c1-15-18(16(2)27-21-15)19(25)24-7-5-20(6-8-24)14-17(4-13-26-20)23-11-9-22(3)10-12-23/h17H,4-14H2,1-3H3. The molecule has 150 valence electrons. The fourth-order valence-electron chi connectivity index (χ4n) is 4.91. The molecule has 0 bridgehead atoms. The van der Waals surface area contributed by atoms with Crippen molar-refractivity contribution in [3.05, 3.63) is 17.0 Å². The molecule has 4 rings (SSSR count). The summed E-state index contributed by atoms with van der Waals surface area (Å²) in [6.45, 7) is 10.6. The first-order valence-corrected chi connectivity index (χ1v) is 10.3. The van der Waals surface area contributed by atoms with Crippen LogP contribution in [0, 0.1) is 13.8 Å². The minimum atomic E-state index is -0.0538. The van der Waals surface area contributed by atoms with Gasteiger partial charge in [-0.25, -0.2) is 0 Å². The number of aromatic nitrogens is 1. The highest BCUT2D eigenvalue weighted by molar-refractivity contribution is 5.96. The van der Waals surface area contributed by atoms with Crippen LogP contribution < -0.4 is 0 Å². The van der Waals surface area contributed by atoms with Crippen LogP contribution in [0.5, 0.6) is 0 Å². The van der Waals surface area contributed by atoms with Crippen molar-refractivity contribution in [1.29, 1.82) is 0 Å². The maximum atomic E-state index is 12.9. The minimum absolute atomic E-state index is 0.0486. The SMILES string of the molecule is Cc1noc(C)c1C(=O)N1CCC2(CC1)CC(N1CCN(C)CC1)CCO2. The number of hydrogen-bond acceptors (Lipinski definition) is 6. The van der Waals surface area contributed by atoms with Crippen LogP contribution in [0.1, 0.15) is 47.5 Å². The van der Waals surface area contributed by atoms with Crippen molar-refractivity contribution >= 4 is 5.91 Å². The fraction of sp³-hybridized carbons (Fsp3) is 0.800. The van der Waals surface area contributed by atoms with E-state index in [0.717, 1.165) is 71.6 Å². The molecular formula is C20H32N4O3. The van der Waals surface area contributed by atoms with Crippen LogP contribution in [-0.4, -0.2) is 90.3 Å². The zero-order chi connectivity index (χ0) is 19.0. The molecule has 1 amide bonds. The number of piperidine rings is 1. The summed E-state index contributed by atoms with van der Waals surface area (Å²) in [6.07, 6.45) is 4.08. The van der Waals surface area contributed by atoms with E-state index in [1.54, 1.807) is 0 Å². The Kier molecular flexibility index (Phi) is 5.27. The van der Waals surface area contributed by atoms with Crippen LogP contribution in [-0.2, 0) is 4.74 Å². The average Bonchev–Trinajstić information content (AvgIpc) is 3.01. The van der Waals surface area contributed by atoms with Crippen molar-refractivity contribution in [1.82, 2.24) is 19.9 Å². The summed E-state index contributed by atoms with van der Waals surface area (Å²) in [7, 11) is 2.20. The number of amides is 1. The second-order valence-electron chi connectivity index (χ2n) is 8.51. The van der Waals surface area contributed by atoms with Gasteiger partial charge in [0.1, 0.15) is 11.3 Å². The highest BCUT2D eigenvalue weighted by Crippen LogP contribution is 2.37. The lowest BCUT2D eigenvalue weighted by atomic mass is 9.81. The van der Waals surface area contributed by atoms with Crippen LogP contribution in [0.2, 0.25) is 0 Å². The third-order valence-electron chi connectivity index (χ3n) is 6.73. The molecule has 4 heterocycles. The van der Waals surface area contributed by atoms with Crippen molar-refractivity contribution in [2.45, 2.75) is 51.2 Å². The zero-order valence-electron chi connectivity index (χ0n) is 16.9. The molecule has 0 N–H and O–H groups in total. The van der Waals surface area contributed by atoms with E-state index in [0.29, 0.717) is 23.1 Å². The fourth-order valence-corrected chi connectivity index (χ4v) is 4.91. The van der Waals surface area contributed by atoms with Crippen molar-refractivity contribution in [3.63, 3.8) is 0 Å². The number of aryl methyl sites for hydroxylation is 2. The van der Waals surface area contributed by atoms with Gasteiger partial charge in [-0.2, -0.15) is 0 Å². The van der Waals surface area contributed by atoms with Crippen molar-refractivity contribution in [2.75, 3.05) is 52.9 Å². The smallest absolute Gasteiger partial charge is 0.259 e. The number of hydrogen-bond donors (Lipinski definition) is 0. The molecule has 1 atom stereocenters. The summed E-state index contributed by atoms with van der Waals surface area (Å²) in [5.41, 5.74) is 1.26. The quantitative estimate of drug-likeness (QED) is 0.783. The predicted octanol–water partition coefficient (Wildman–Crippen LogP) is 1.69. The molecule has 7 heteroatoms. The van der Waals surface area contributed by atoms with Gasteiger partial charge in [0.15, 0.2) is 0 Å². The first-order valence-electron chi connectivity index (χ1n) is 10.3. The minimum Gasteiger partial charge on any atom is -0.375 e. The Morgan fingerprint density at radius 3 is 2.44 bits per heavy atom. The van der Waals surface area contributed by atoms with Crippen LogP contribution in [0.25, 0.3) is 0 Å². The van der Waals surface area contributed by atoms with E-state index in [-0.39, 0.29) is 11.5 Å². The summed E-state index contributed by atoms with van der Waals surface area (Å²) in [5.74, 6) is 0.661. The van der Waals surface area contributed by atoms with Gasteiger partial charge in [-0.3, -0.25) is 9.69 Å². The molecule has 3 saturated heterocycles. The summed E-state index contributed by atoms with van der Waals surface area (Å²) in [6, 6.07) is 0.622. The maximum absolute atomic E-state index is 12.9. The molecular weight excluding hydrogens is 344 g/mol. The zero-order valence-corrected chi connectivity index (χ0v) is 16.9. The van der Waals surface area contributed by atoms with E-state index in [2.05, 4.69) is 22.0 Å². The molecule has 1 unspecified atom stereocenters. The summed E-state index contributed by atoms with van der Waals surface area (Å²) in [4.78, 5) is 19.9. The van der Waals surface area contributed by atoms with Gasteiger partial charge in [0.05, 0.1) is 11.3 Å². The van der Waals surface area contributed by atoms with Crippen LogP contribution in [0.4, 0.5) is 0 Å². The van der Waals surface area contributed by atoms with E-state index >= 15 is 0 Å². The van der Waals surface area contributed by atoms with Gasteiger partial charge in [-0.15, -0.1) is 0 Å². The molecule has 1 aromatic heterocycles.